The van der Waals surface area contributed by atoms with Gasteiger partial charge in [0, 0.05) is 19.0 Å². The van der Waals surface area contributed by atoms with Crippen molar-refractivity contribution in [2.45, 2.75) is 26.3 Å². The molecule has 1 aromatic carbocycles. The van der Waals surface area contributed by atoms with Crippen molar-refractivity contribution < 1.29 is 9.53 Å². The van der Waals surface area contributed by atoms with E-state index in [-0.39, 0.29) is 11.9 Å². The van der Waals surface area contributed by atoms with Crippen LogP contribution in [0.15, 0.2) is 30.3 Å². The molecule has 0 saturated heterocycles. The summed E-state index contributed by atoms with van der Waals surface area (Å²) in [5.41, 5.74) is 0.906. The highest BCUT2D eigenvalue weighted by molar-refractivity contribution is 5.91. The van der Waals surface area contributed by atoms with Gasteiger partial charge in [0.15, 0.2) is 5.82 Å². The highest BCUT2D eigenvalue weighted by Gasteiger charge is 2.08. The largest absolute Gasteiger partial charge is 0.497 e. The molecule has 0 saturated carbocycles. The molecule has 23 heavy (non-hydrogen) atoms. The van der Waals surface area contributed by atoms with E-state index >= 15 is 0 Å². The van der Waals surface area contributed by atoms with Crippen molar-refractivity contribution >= 4 is 12.0 Å². The van der Waals surface area contributed by atoms with Crippen LogP contribution < -0.4 is 10.1 Å². The minimum absolute atomic E-state index is 0.156. The fourth-order valence-corrected chi connectivity index (χ4v) is 2.05. The molecule has 122 valence electrons. The Kier molecular flexibility index (Phi) is 5.85. The Morgan fingerprint density at radius 1 is 1.43 bits per heavy atom. The lowest BCUT2D eigenvalue weighted by atomic mass is 10.2. The SMILES string of the molecule is COc1cccc(/C=C/C(=O)NCCc2nnnn2C(C)C)c1. The molecule has 0 aliphatic rings. The van der Waals surface area contributed by atoms with Crippen molar-refractivity contribution in [1.29, 1.82) is 0 Å². The molecule has 7 heteroatoms. The minimum Gasteiger partial charge on any atom is -0.497 e. The number of methoxy groups -OCH3 is 1. The second kappa shape index (κ2) is 8.07. The number of carbonyl (C=O) groups is 1. The van der Waals surface area contributed by atoms with Crippen molar-refractivity contribution in [2.24, 2.45) is 0 Å². The maximum Gasteiger partial charge on any atom is 0.244 e. The molecule has 1 heterocycles. The molecular formula is C16H21N5O2. The summed E-state index contributed by atoms with van der Waals surface area (Å²) >= 11 is 0. The molecule has 1 N–H and O–H groups in total. The van der Waals surface area contributed by atoms with Gasteiger partial charge >= 0.3 is 0 Å². The van der Waals surface area contributed by atoms with E-state index in [0.29, 0.717) is 13.0 Å². The van der Waals surface area contributed by atoms with Crippen LogP contribution in [0.5, 0.6) is 5.75 Å². The Hall–Kier alpha value is -2.70. The molecule has 0 fully saturated rings. The van der Waals surface area contributed by atoms with Crippen molar-refractivity contribution in [3.8, 4) is 5.75 Å². The Morgan fingerprint density at radius 3 is 3.00 bits per heavy atom. The zero-order chi connectivity index (χ0) is 16.7. The first kappa shape index (κ1) is 16.7. The smallest absolute Gasteiger partial charge is 0.244 e. The third-order valence-corrected chi connectivity index (χ3v) is 3.22. The number of rotatable bonds is 7. The summed E-state index contributed by atoms with van der Waals surface area (Å²) in [4.78, 5) is 11.8. The van der Waals surface area contributed by atoms with E-state index < -0.39 is 0 Å². The molecule has 1 aromatic heterocycles. The number of amides is 1. The first-order valence-electron chi connectivity index (χ1n) is 7.47. The Bertz CT molecular complexity index is 679. The molecule has 0 radical (unpaired) electrons. The van der Waals surface area contributed by atoms with Crippen LogP contribution in [-0.4, -0.2) is 39.8 Å². The molecule has 0 aliphatic carbocycles. The monoisotopic (exact) mass is 315 g/mol. The van der Waals surface area contributed by atoms with Gasteiger partial charge in [0.25, 0.3) is 0 Å². The number of aromatic nitrogens is 4. The van der Waals surface area contributed by atoms with E-state index in [9.17, 15) is 4.79 Å². The number of nitrogens with one attached hydrogen (secondary N) is 1. The summed E-state index contributed by atoms with van der Waals surface area (Å²) < 4.78 is 6.89. The fourth-order valence-electron chi connectivity index (χ4n) is 2.05. The van der Waals surface area contributed by atoms with Gasteiger partial charge < -0.3 is 10.1 Å². The standard InChI is InChI=1S/C16H21N5O2/c1-12(2)21-15(18-19-20-21)9-10-17-16(22)8-7-13-5-4-6-14(11-13)23-3/h4-8,11-12H,9-10H2,1-3H3,(H,17,22)/b8-7+. The third kappa shape index (κ3) is 4.91. The second-order valence-corrected chi connectivity index (χ2v) is 5.28. The van der Waals surface area contributed by atoms with Gasteiger partial charge in [0.05, 0.1) is 13.2 Å². The summed E-state index contributed by atoms with van der Waals surface area (Å²) in [5, 5.41) is 14.4. The van der Waals surface area contributed by atoms with E-state index in [1.807, 2.05) is 38.1 Å². The van der Waals surface area contributed by atoms with Crippen molar-refractivity contribution in [3.05, 3.63) is 41.7 Å². The lowest BCUT2D eigenvalue weighted by molar-refractivity contribution is -0.116. The van der Waals surface area contributed by atoms with E-state index in [4.69, 9.17) is 4.74 Å². The van der Waals surface area contributed by atoms with Crippen LogP contribution in [0.2, 0.25) is 0 Å². The first-order valence-corrected chi connectivity index (χ1v) is 7.47. The normalized spacial score (nSPS) is 11.1. The van der Waals surface area contributed by atoms with E-state index in [1.165, 1.54) is 6.08 Å². The molecule has 1 amide bonds. The van der Waals surface area contributed by atoms with Gasteiger partial charge in [-0.15, -0.1) is 5.10 Å². The second-order valence-electron chi connectivity index (χ2n) is 5.28. The molecule has 2 aromatic rings. The average molecular weight is 315 g/mol. The third-order valence-electron chi connectivity index (χ3n) is 3.22. The lowest BCUT2D eigenvalue weighted by Gasteiger charge is -2.07. The molecule has 0 atom stereocenters. The fraction of sp³-hybridized carbons (Fsp3) is 0.375. The van der Waals surface area contributed by atoms with E-state index in [1.54, 1.807) is 17.9 Å². The summed E-state index contributed by atoms with van der Waals surface area (Å²) in [6.45, 7) is 4.50. The van der Waals surface area contributed by atoms with Crippen molar-refractivity contribution in [1.82, 2.24) is 25.5 Å². The van der Waals surface area contributed by atoms with Gasteiger partial charge in [-0.1, -0.05) is 12.1 Å². The molecule has 2 rings (SSSR count). The Morgan fingerprint density at radius 2 is 2.26 bits per heavy atom. The van der Waals surface area contributed by atoms with Crippen LogP contribution in [0.4, 0.5) is 0 Å². The van der Waals surface area contributed by atoms with Crippen molar-refractivity contribution in [2.75, 3.05) is 13.7 Å². The molecule has 0 spiro atoms. The molecule has 7 nitrogen and oxygen atoms in total. The Balaban J connectivity index is 1.83. The number of ether oxygens (including phenoxy) is 1. The molecular weight excluding hydrogens is 294 g/mol. The van der Waals surface area contributed by atoms with Crippen LogP contribution in [0, 0.1) is 0 Å². The Labute approximate surface area is 135 Å². The maximum absolute atomic E-state index is 11.8. The number of benzene rings is 1. The van der Waals surface area contributed by atoms with Crippen LogP contribution in [0.3, 0.4) is 0 Å². The van der Waals surface area contributed by atoms with E-state index in [0.717, 1.165) is 17.1 Å². The first-order chi connectivity index (χ1) is 11.1. The zero-order valence-corrected chi connectivity index (χ0v) is 13.6. The highest BCUT2D eigenvalue weighted by Crippen LogP contribution is 2.13. The number of carbonyl (C=O) groups excluding carboxylic acids is 1. The quantitative estimate of drug-likeness (QED) is 0.785. The predicted molar refractivity (Wildman–Crippen MR) is 86.9 cm³/mol. The van der Waals surface area contributed by atoms with Gasteiger partial charge in [-0.05, 0) is 48.0 Å². The average Bonchev–Trinajstić information content (AvgIpc) is 3.02. The van der Waals surface area contributed by atoms with Gasteiger partial charge in [-0.2, -0.15) is 0 Å². The summed E-state index contributed by atoms with van der Waals surface area (Å²) in [5.74, 6) is 1.36. The van der Waals surface area contributed by atoms with Gasteiger partial charge in [0.2, 0.25) is 5.91 Å². The summed E-state index contributed by atoms with van der Waals surface area (Å²) in [6.07, 6.45) is 3.83. The molecule has 0 unspecified atom stereocenters. The summed E-state index contributed by atoms with van der Waals surface area (Å²) in [7, 11) is 1.61. The number of hydrogen-bond donors (Lipinski definition) is 1. The minimum atomic E-state index is -0.156. The lowest BCUT2D eigenvalue weighted by Crippen LogP contribution is -2.25. The van der Waals surface area contributed by atoms with Crippen molar-refractivity contribution in [3.63, 3.8) is 0 Å². The van der Waals surface area contributed by atoms with Crippen LogP contribution in [0.1, 0.15) is 31.3 Å². The predicted octanol–water partition coefficient (Wildman–Crippen LogP) is 1.63. The van der Waals surface area contributed by atoms with Gasteiger partial charge in [-0.25, -0.2) is 4.68 Å². The van der Waals surface area contributed by atoms with E-state index in [2.05, 4.69) is 20.8 Å². The number of nitrogens with zero attached hydrogens (tertiary/aromatic N) is 4. The number of hydrogen-bond acceptors (Lipinski definition) is 5. The maximum atomic E-state index is 11.8. The van der Waals surface area contributed by atoms with Crippen LogP contribution in [-0.2, 0) is 11.2 Å². The summed E-state index contributed by atoms with van der Waals surface area (Å²) in [6, 6.07) is 7.70. The topological polar surface area (TPSA) is 81.9 Å². The molecule has 0 bridgehead atoms. The zero-order valence-electron chi connectivity index (χ0n) is 13.6. The van der Waals surface area contributed by atoms with Gasteiger partial charge in [-0.3, -0.25) is 4.79 Å². The van der Waals surface area contributed by atoms with Gasteiger partial charge in [0.1, 0.15) is 5.75 Å². The van der Waals surface area contributed by atoms with Crippen LogP contribution >= 0.6 is 0 Å². The molecule has 0 aliphatic heterocycles. The number of tetrazole rings is 1. The van der Waals surface area contributed by atoms with Crippen LogP contribution in [0.25, 0.3) is 6.08 Å². The highest BCUT2D eigenvalue weighted by atomic mass is 16.5.